The average Bonchev–Trinajstić information content (AvgIpc) is 2.58. The van der Waals surface area contributed by atoms with Crippen molar-refractivity contribution in [2.75, 3.05) is 23.4 Å². The Bertz CT molecular complexity index is 728. The van der Waals surface area contributed by atoms with E-state index in [9.17, 15) is 10.1 Å². The highest BCUT2D eigenvalue weighted by Gasteiger charge is 2.06. The predicted molar refractivity (Wildman–Crippen MR) is 102 cm³/mol. The average molecular weight is 391 g/mol. The lowest BCUT2D eigenvalue weighted by atomic mass is 10.2. The molecule has 0 heterocycles. The summed E-state index contributed by atoms with van der Waals surface area (Å²) < 4.78 is 1.02. The Hall–Kier alpha value is -2.41. The zero-order valence-corrected chi connectivity index (χ0v) is 15.2. The van der Waals surface area contributed by atoms with Gasteiger partial charge in [0.25, 0.3) is 5.69 Å². The molecule has 7 heteroatoms. The molecule has 0 saturated carbocycles. The quantitative estimate of drug-likeness (QED) is 0.424. The maximum Gasteiger partial charge on any atom is 0.269 e. The molecule has 0 fully saturated rings. The van der Waals surface area contributed by atoms with Gasteiger partial charge in [-0.15, -0.1) is 0 Å². The monoisotopic (exact) mass is 390 g/mol. The molecule has 0 bridgehead atoms. The van der Waals surface area contributed by atoms with Gasteiger partial charge in [0.1, 0.15) is 0 Å². The number of hydrogen-bond acceptors (Lipinski definition) is 5. The third-order valence-corrected chi connectivity index (χ3v) is 4.20. The van der Waals surface area contributed by atoms with E-state index < -0.39 is 4.92 Å². The standard InChI is InChI=1S/C17H19BrN4O2/c1-3-21(4-2)17-10-5-13(11-16(17)18)12-19-20-14-6-8-15(9-7-14)22(23)24/h5-12,20H,3-4H2,1-2H3/b19-12+. The number of benzene rings is 2. The molecular formula is C17H19BrN4O2. The van der Waals surface area contributed by atoms with Gasteiger partial charge in [-0.05, 0) is 59.6 Å². The minimum atomic E-state index is -0.429. The van der Waals surface area contributed by atoms with Crippen LogP contribution < -0.4 is 10.3 Å². The van der Waals surface area contributed by atoms with E-state index in [1.54, 1.807) is 18.3 Å². The molecule has 0 spiro atoms. The van der Waals surface area contributed by atoms with Crippen LogP contribution in [0.1, 0.15) is 19.4 Å². The largest absolute Gasteiger partial charge is 0.371 e. The van der Waals surface area contributed by atoms with E-state index in [1.807, 2.05) is 12.1 Å². The Labute approximate surface area is 149 Å². The minimum Gasteiger partial charge on any atom is -0.371 e. The minimum absolute atomic E-state index is 0.0560. The van der Waals surface area contributed by atoms with E-state index in [2.05, 4.69) is 51.3 Å². The normalized spacial score (nSPS) is 10.8. The molecule has 0 aromatic heterocycles. The molecule has 24 heavy (non-hydrogen) atoms. The predicted octanol–water partition coefficient (Wildman–Crippen LogP) is 4.65. The van der Waals surface area contributed by atoms with E-state index in [-0.39, 0.29) is 5.69 Å². The summed E-state index contributed by atoms with van der Waals surface area (Å²) >= 11 is 3.60. The summed E-state index contributed by atoms with van der Waals surface area (Å²) in [5.41, 5.74) is 5.71. The van der Waals surface area contributed by atoms with Gasteiger partial charge in [0.15, 0.2) is 0 Å². The number of halogens is 1. The molecule has 0 saturated heterocycles. The highest BCUT2D eigenvalue weighted by Crippen LogP contribution is 2.26. The van der Waals surface area contributed by atoms with Crippen molar-refractivity contribution in [2.45, 2.75) is 13.8 Å². The molecule has 0 radical (unpaired) electrons. The Morgan fingerprint density at radius 2 is 1.88 bits per heavy atom. The fourth-order valence-electron chi connectivity index (χ4n) is 2.26. The van der Waals surface area contributed by atoms with Crippen LogP contribution in [0.3, 0.4) is 0 Å². The van der Waals surface area contributed by atoms with Gasteiger partial charge in [-0.1, -0.05) is 6.07 Å². The summed E-state index contributed by atoms with van der Waals surface area (Å²) in [6, 6.07) is 12.2. The second kappa shape index (κ2) is 8.44. The van der Waals surface area contributed by atoms with Crippen molar-refractivity contribution in [1.82, 2.24) is 0 Å². The topological polar surface area (TPSA) is 70.8 Å². The maximum absolute atomic E-state index is 10.6. The molecule has 126 valence electrons. The summed E-state index contributed by atoms with van der Waals surface area (Å²) in [4.78, 5) is 12.4. The third kappa shape index (κ3) is 4.55. The van der Waals surface area contributed by atoms with Gasteiger partial charge in [-0.2, -0.15) is 5.10 Å². The molecule has 0 aliphatic heterocycles. The summed E-state index contributed by atoms with van der Waals surface area (Å²) in [7, 11) is 0. The van der Waals surface area contributed by atoms with Crippen molar-refractivity contribution >= 4 is 39.2 Å². The second-order valence-electron chi connectivity index (χ2n) is 5.06. The zero-order valence-electron chi connectivity index (χ0n) is 13.6. The molecule has 0 unspecified atom stereocenters. The fourth-order valence-corrected chi connectivity index (χ4v) is 2.91. The van der Waals surface area contributed by atoms with Gasteiger partial charge in [0.05, 0.1) is 22.5 Å². The van der Waals surface area contributed by atoms with E-state index in [0.29, 0.717) is 5.69 Å². The van der Waals surface area contributed by atoms with Gasteiger partial charge in [0.2, 0.25) is 0 Å². The molecule has 6 nitrogen and oxygen atoms in total. The first-order chi connectivity index (χ1) is 11.5. The van der Waals surface area contributed by atoms with Crippen molar-refractivity contribution < 1.29 is 4.92 Å². The van der Waals surface area contributed by atoms with E-state index in [0.717, 1.165) is 28.8 Å². The smallest absolute Gasteiger partial charge is 0.269 e. The Morgan fingerprint density at radius 1 is 1.21 bits per heavy atom. The van der Waals surface area contributed by atoms with Crippen molar-refractivity contribution in [3.63, 3.8) is 0 Å². The highest BCUT2D eigenvalue weighted by molar-refractivity contribution is 9.10. The van der Waals surface area contributed by atoms with Crippen LogP contribution in [-0.2, 0) is 0 Å². The number of rotatable bonds is 7. The lowest BCUT2D eigenvalue weighted by Gasteiger charge is -2.22. The number of nitro groups is 1. The number of hydrazone groups is 1. The number of hydrogen-bond donors (Lipinski definition) is 1. The first-order valence-corrected chi connectivity index (χ1v) is 8.42. The van der Waals surface area contributed by atoms with Crippen LogP contribution in [-0.4, -0.2) is 24.2 Å². The van der Waals surface area contributed by atoms with Crippen LogP contribution in [0.2, 0.25) is 0 Å². The SMILES string of the molecule is CCN(CC)c1ccc(/C=N/Nc2ccc([N+](=O)[O-])cc2)cc1Br. The molecular weight excluding hydrogens is 372 g/mol. The van der Waals surface area contributed by atoms with Gasteiger partial charge in [-0.3, -0.25) is 15.5 Å². The van der Waals surface area contributed by atoms with E-state index in [1.165, 1.54) is 12.1 Å². The third-order valence-electron chi connectivity index (χ3n) is 3.56. The van der Waals surface area contributed by atoms with Crippen LogP contribution >= 0.6 is 15.9 Å². The summed E-state index contributed by atoms with van der Waals surface area (Å²) in [6.07, 6.45) is 1.71. The molecule has 2 aromatic carbocycles. The maximum atomic E-state index is 10.6. The van der Waals surface area contributed by atoms with Crippen molar-refractivity contribution in [1.29, 1.82) is 0 Å². The van der Waals surface area contributed by atoms with Gasteiger partial charge in [-0.25, -0.2) is 0 Å². The van der Waals surface area contributed by atoms with E-state index >= 15 is 0 Å². The summed E-state index contributed by atoms with van der Waals surface area (Å²) in [5.74, 6) is 0. The highest BCUT2D eigenvalue weighted by atomic mass is 79.9. The zero-order chi connectivity index (χ0) is 17.5. The molecule has 0 aliphatic carbocycles. The van der Waals surface area contributed by atoms with Crippen LogP contribution in [0.25, 0.3) is 0 Å². The number of nitro benzene ring substituents is 1. The lowest BCUT2D eigenvalue weighted by Crippen LogP contribution is -2.22. The van der Waals surface area contributed by atoms with Crippen LogP contribution in [0, 0.1) is 10.1 Å². The number of non-ortho nitro benzene ring substituents is 1. The summed E-state index contributed by atoms with van der Waals surface area (Å²) in [5, 5.41) is 14.8. The van der Waals surface area contributed by atoms with Crippen LogP contribution in [0.15, 0.2) is 52.0 Å². The van der Waals surface area contributed by atoms with Gasteiger partial charge in [0, 0.05) is 29.7 Å². The molecule has 0 aliphatic rings. The van der Waals surface area contributed by atoms with Crippen molar-refractivity contribution in [2.24, 2.45) is 5.10 Å². The Balaban J connectivity index is 2.04. The molecule has 0 amide bonds. The molecule has 1 N–H and O–H groups in total. The number of anilines is 2. The van der Waals surface area contributed by atoms with Gasteiger partial charge < -0.3 is 4.90 Å². The Kier molecular flexibility index (Phi) is 6.31. The van der Waals surface area contributed by atoms with Gasteiger partial charge >= 0.3 is 0 Å². The van der Waals surface area contributed by atoms with Crippen LogP contribution in [0.5, 0.6) is 0 Å². The number of nitrogens with zero attached hydrogens (tertiary/aromatic N) is 3. The fraction of sp³-hybridized carbons (Fsp3) is 0.235. The second-order valence-corrected chi connectivity index (χ2v) is 5.91. The molecule has 2 aromatic rings. The van der Waals surface area contributed by atoms with Crippen LogP contribution in [0.4, 0.5) is 17.1 Å². The first-order valence-electron chi connectivity index (χ1n) is 7.63. The number of nitrogens with one attached hydrogen (secondary N) is 1. The van der Waals surface area contributed by atoms with E-state index in [4.69, 9.17) is 0 Å². The summed E-state index contributed by atoms with van der Waals surface area (Å²) in [6.45, 7) is 6.15. The Morgan fingerprint density at radius 3 is 2.42 bits per heavy atom. The lowest BCUT2D eigenvalue weighted by molar-refractivity contribution is -0.384. The van der Waals surface area contributed by atoms with Crippen molar-refractivity contribution in [3.8, 4) is 0 Å². The molecule has 2 rings (SSSR count). The van der Waals surface area contributed by atoms with Crippen molar-refractivity contribution in [3.05, 3.63) is 62.6 Å². The molecule has 0 atom stereocenters. The first kappa shape index (κ1) is 17.9.